The number of hydrogen-bond donors (Lipinski definition) is 2. The SMILES string of the molecule is CCNC(=NCc1cn(C)nc1C(F)(F)F)NCc1c(CC)noc1CC. The van der Waals surface area contributed by atoms with E-state index in [9.17, 15) is 13.2 Å². The van der Waals surface area contributed by atoms with Crippen molar-refractivity contribution in [3.05, 3.63) is 34.5 Å². The van der Waals surface area contributed by atoms with E-state index in [1.807, 2.05) is 20.8 Å². The van der Waals surface area contributed by atoms with E-state index in [0.717, 1.165) is 28.1 Å². The Hall–Kier alpha value is -2.52. The zero-order valence-corrected chi connectivity index (χ0v) is 15.9. The molecule has 2 heterocycles. The average molecular weight is 386 g/mol. The fraction of sp³-hybridized carbons (Fsp3) is 0.588. The van der Waals surface area contributed by atoms with Crippen LogP contribution in [0.3, 0.4) is 0 Å². The van der Waals surface area contributed by atoms with Crippen molar-refractivity contribution >= 4 is 5.96 Å². The molecule has 0 bridgehead atoms. The summed E-state index contributed by atoms with van der Waals surface area (Å²) in [4.78, 5) is 4.27. The standard InChI is InChI=1S/C17H25F3N6O/c1-5-13-12(14(6-2)27-25-13)9-23-16(21-7-3)22-8-11-10-26(4)24-15(11)17(18,19)20/h10H,5-9H2,1-4H3,(H2,21,22,23). The molecule has 0 amide bonds. The maximum Gasteiger partial charge on any atom is 0.435 e. The van der Waals surface area contributed by atoms with E-state index in [-0.39, 0.29) is 12.1 Å². The minimum absolute atomic E-state index is 0.0238. The number of rotatable bonds is 7. The van der Waals surface area contributed by atoms with E-state index in [1.165, 1.54) is 13.2 Å². The maximum absolute atomic E-state index is 13.1. The lowest BCUT2D eigenvalue weighted by Crippen LogP contribution is -2.37. The van der Waals surface area contributed by atoms with Crippen molar-refractivity contribution in [3.63, 3.8) is 0 Å². The molecule has 2 aromatic rings. The van der Waals surface area contributed by atoms with E-state index >= 15 is 0 Å². The molecule has 2 aromatic heterocycles. The Morgan fingerprint density at radius 3 is 2.56 bits per heavy atom. The van der Waals surface area contributed by atoms with E-state index in [2.05, 4.69) is 25.9 Å². The summed E-state index contributed by atoms with van der Waals surface area (Å²) in [6.45, 7) is 6.72. The second kappa shape index (κ2) is 8.92. The van der Waals surface area contributed by atoms with E-state index < -0.39 is 11.9 Å². The van der Waals surface area contributed by atoms with Crippen LogP contribution in [0.25, 0.3) is 0 Å². The molecule has 150 valence electrons. The molecular weight excluding hydrogens is 361 g/mol. The molecule has 0 radical (unpaired) electrons. The zero-order chi connectivity index (χ0) is 20.0. The van der Waals surface area contributed by atoms with Crippen LogP contribution in [0.2, 0.25) is 0 Å². The van der Waals surface area contributed by atoms with Crippen molar-refractivity contribution in [2.45, 2.75) is 52.9 Å². The van der Waals surface area contributed by atoms with Crippen molar-refractivity contribution in [2.75, 3.05) is 6.54 Å². The van der Waals surface area contributed by atoms with Crippen molar-refractivity contribution < 1.29 is 17.7 Å². The highest BCUT2D eigenvalue weighted by Crippen LogP contribution is 2.30. The van der Waals surface area contributed by atoms with Crippen molar-refractivity contribution in [1.29, 1.82) is 0 Å². The molecule has 0 fully saturated rings. The van der Waals surface area contributed by atoms with Gasteiger partial charge in [-0.1, -0.05) is 19.0 Å². The number of nitrogens with zero attached hydrogens (tertiary/aromatic N) is 4. The van der Waals surface area contributed by atoms with Crippen LogP contribution in [0.5, 0.6) is 0 Å². The van der Waals surface area contributed by atoms with E-state index in [0.29, 0.717) is 25.5 Å². The molecule has 7 nitrogen and oxygen atoms in total. The Labute approximate surface area is 156 Å². The molecular formula is C17H25F3N6O. The smallest absolute Gasteiger partial charge is 0.361 e. The summed E-state index contributed by atoms with van der Waals surface area (Å²) in [6.07, 6.45) is -1.73. The second-order valence-electron chi connectivity index (χ2n) is 5.96. The normalized spacial score (nSPS) is 12.5. The second-order valence-corrected chi connectivity index (χ2v) is 5.96. The summed E-state index contributed by atoms with van der Waals surface area (Å²) >= 11 is 0. The zero-order valence-electron chi connectivity index (χ0n) is 15.9. The van der Waals surface area contributed by atoms with E-state index in [1.54, 1.807) is 0 Å². The topological polar surface area (TPSA) is 80.3 Å². The molecule has 27 heavy (non-hydrogen) atoms. The van der Waals surface area contributed by atoms with Gasteiger partial charge in [-0.3, -0.25) is 4.68 Å². The molecule has 0 aliphatic rings. The summed E-state index contributed by atoms with van der Waals surface area (Å²) in [6, 6.07) is 0. The summed E-state index contributed by atoms with van der Waals surface area (Å²) in [7, 11) is 1.45. The molecule has 0 aromatic carbocycles. The third-order valence-electron chi connectivity index (χ3n) is 3.96. The monoisotopic (exact) mass is 386 g/mol. The number of halogens is 3. The van der Waals surface area contributed by atoms with Gasteiger partial charge < -0.3 is 15.2 Å². The first-order valence-electron chi connectivity index (χ1n) is 8.88. The third kappa shape index (κ3) is 5.24. The lowest BCUT2D eigenvalue weighted by Gasteiger charge is -2.12. The molecule has 0 aliphatic heterocycles. The van der Waals surface area contributed by atoms with Crippen LogP contribution in [-0.2, 0) is 39.2 Å². The van der Waals surface area contributed by atoms with Crippen molar-refractivity contribution in [2.24, 2.45) is 12.0 Å². The molecule has 0 spiro atoms. The Bertz CT molecular complexity index is 757. The quantitative estimate of drug-likeness (QED) is 0.565. The average Bonchev–Trinajstić information content (AvgIpc) is 3.19. The predicted molar refractivity (Wildman–Crippen MR) is 95.1 cm³/mol. The number of aliphatic imine (C=N–C) groups is 1. The van der Waals surface area contributed by atoms with Gasteiger partial charge in [-0.2, -0.15) is 18.3 Å². The van der Waals surface area contributed by atoms with Crippen LogP contribution < -0.4 is 10.6 Å². The Morgan fingerprint density at radius 2 is 1.96 bits per heavy atom. The van der Waals surface area contributed by atoms with Gasteiger partial charge in [-0.05, 0) is 13.3 Å². The number of guanidine groups is 1. The van der Waals surface area contributed by atoms with Gasteiger partial charge in [0.1, 0.15) is 5.76 Å². The fourth-order valence-electron chi connectivity index (χ4n) is 2.71. The summed E-state index contributed by atoms with van der Waals surface area (Å²) in [5.74, 6) is 1.21. The van der Waals surface area contributed by atoms with Gasteiger partial charge in [0.2, 0.25) is 0 Å². The maximum atomic E-state index is 13.1. The largest absolute Gasteiger partial charge is 0.435 e. The van der Waals surface area contributed by atoms with Crippen LogP contribution in [0.15, 0.2) is 15.7 Å². The van der Waals surface area contributed by atoms with Crippen molar-refractivity contribution in [1.82, 2.24) is 25.6 Å². The van der Waals surface area contributed by atoms with Gasteiger partial charge in [0, 0.05) is 43.9 Å². The van der Waals surface area contributed by atoms with E-state index in [4.69, 9.17) is 4.52 Å². The highest BCUT2D eigenvalue weighted by Gasteiger charge is 2.36. The number of alkyl halides is 3. The first-order valence-corrected chi connectivity index (χ1v) is 8.88. The summed E-state index contributed by atoms with van der Waals surface area (Å²) in [5.41, 5.74) is 0.936. The van der Waals surface area contributed by atoms with Crippen LogP contribution in [0.4, 0.5) is 13.2 Å². The molecule has 0 atom stereocenters. The Balaban J connectivity index is 2.15. The first kappa shape index (κ1) is 20.8. The Morgan fingerprint density at radius 1 is 1.22 bits per heavy atom. The number of hydrogen-bond acceptors (Lipinski definition) is 4. The molecule has 2 N–H and O–H groups in total. The summed E-state index contributed by atoms with van der Waals surface area (Å²) in [5, 5.41) is 13.7. The number of aryl methyl sites for hydroxylation is 3. The highest BCUT2D eigenvalue weighted by molar-refractivity contribution is 5.79. The lowest BCUT2D eigenvalue weighted by atomic mass is 10.1. The van der Waals surface area contributed by atoms with Gasteiger partial charge in [0.05, 0.1) is 12.2 Å². The molecule has 2 rings (SSSR count). The van der Waals surface area contributed by atoms with Crippen LogP contribution in [0.1, 0.15) is 49.0 Å². The molecule has 10 heteroatoms. The molecule has 0 saturated heterocycles. The minimum Gasteiger partial charge on any atom is -0.361 e. The molecule has 0 saturated carbocycles. The minimum atomic E-state index is -4.51. The van der Waals surface area contributed by atoms with Gasteiger partial charge in [0.15, 0.2) is 11.7 Å². The van der Waals surface area contributed by atoms with Gasteiger partial charge in [-0.15, -0.1) is 0 Å². The fourth-order valence-corrected chi connectivity index (χ4v) is 2.71. The van der Waals surface area contributed by atoms with Crippen LogP contribution >= 0.6 is 0 Å². The first-order chi connectivity index (χ1) is 12.8. The Kier molecular flexibility index (Phi) is 6.86. The molecule has 0 unspecified atom stereocenters. The van der Waals surface area contributed by atoms with Crippen LogP contribution in [0, 0.1) is 0 Å². The highest BCUT2D eigenvalue weighted by atomic mass is 19.4. The predicted octanol–water partition coefficient (Wildman–Crippen LogP) is 2.81. The third-order valence-corrected chi connectivity index (χ3v) is 3.96. The molecule has 0 aliphatic carbocycles. The lowest BCUT2D eigenvalue weighted by molar-refractivity contribution is -0.142. The van der Waals surface area contributed by atoms with Gasteiger partial charge in [-0.25, -0.2) is 4.99 Å². The van der Waals surface area contributed by atoms with Gasteiger partial charge >= 0.3 is 6.18 Å². The number of aromatic nitrogens is 3. The van der Waals surface area contributed by atoms with Crippen molar-refractivity contribution in [3.8, 4) is 0 Å². The van der Waals surface area contributed by atoms with Gasteiger partial charge in [0.25, 0.3) is 0 Å². The van der Waals surface area contributed by atoms with Crippen LogP contribution in [-0.4, -0.2) is 27.4 Å². The summed E-state index contributed by atoms with van der Waals surface area (Å²) < 4.78 is 45.7. The number of nitrogens with one attached hydrogen (secondary N) is 2.